The van der Waals surface area contributed by atoms with Crippen LogP contribution in [0, 0.1) is 0 Å². The molecule has 2 aromatic carbocycles. The third-order valence-electron chi connectivity index (χ3n) is 4.99. The van der Waals surface area contributed by atoms with Gasteiger partial charge in [0.15, 0.2) is 0 Å². The lowest BCUT2D eigenvalue weighted by Gasteiger charge is -2.20. The minimum Gasteiger partial charge on any atom is -0.350 e. The molecule has 27 heavy (non-hydrogen) atoms. The maximum Gasteiger partial charge on any atom is 0.239 e. The molecule has 0 radical (unpaired) electrons. The van der Waals surface area contributed by atoms with Gasteiger partial charge in [0.2, 0.25) is 11.8 Å². The number of nitrogens with one attached hydrogen (secondary N) is 1. The van der Waals surface area contributed by atoms with Crippen LogP contribution in [0.1, 0.15) is 35.6 Å². The van der Waals surface area contributed by atoms with Crippen LogP contribution in [0.15, 0.2) is 42.5 Å². The van der Waals surface area contributed by atoms with Gasteiger partial charge >= 0.3 is 0 Å². The van der Waals surface area contributed by atoms with Gasteiger partial charge < -0.3 is 10.2 Å². The van der Waals surface area contributed by atoms with Crippen molar-refractivity contribution in [3.05, 3.63) is 69.7 Å². The number of hydrogen-bond donors (Lipinski definition) is 1. The summed E-state index contributed by atoms with van der Waals surface area (Å²) in [6.45, 7) is 2.91. The highest BCUT2D eigenvalue weighted by Gasteiger charge is 2.17. The Labute approximate surface area is 165 Å². The normalized spacial score (nSPS) is 12.5. The molecule has 2 amide bonds. The zero-order valence-electron chi connectivity index (χ0n) is 15.6. The predicted octanol–water partition coefficient (Wildman–Crippen LogP) is 3.54. The van der Waals surface area contributed by atoms with E-state index >= 15 is 0 Å². The SMILES string of the molecule is CCN(CC(=O)NCc1ccc(Cl)cc1)C(=O)Cc1ccc2c(c1)CCC2. The summed E-state index contributed by atoms with van der Waals surface area (Å²) in [6, 6.07) is 13.7. The Morgan fingerprint density at radius 3 is 2.48 bits per heavy atom. The molecule has 3 rings (SSSR count). The fraction of sp³-hybridized carbons (Fsp3) is 0.364. The second-order valence-electron chi connectivity index (χ2n) is 6.94. The van der Waals surface area contributed by atoms with E-state index in [2.05, 4.69) is 17.4 Å². The van der Waals surface area contributed by atoms with Gasteiger partial charge in [0.1, 0.15) is 0 Å². The molecule has 5 heteroatoms. The molecule has 0 saturated carbocycles. The molecule has 0 atom stereocenters. The molecule has 1 aliphatic rings. The Bertz CT molecular complexity index is 818. The molecule has 0 unspecified atom stereocenters. The van der Waals surface area contributed by atoms with Crippen molar-refractivity contribution in [3.8, 4) is 0 Å². The van der Waals surface area contributed by atoms with Crippen LogP contribution in [-0.4, -0.2) is 29.8 Å². The van der Waals surface area contributed by atoms with Gasteiger partial charge in [-0.1, -0.05) is 41.9 Å². The number of amides is 2. The molecule has 4 nitrogen and oxygen atoms in total. The van der Waals surface area contributed by atoms with E-state index in [9.17, 15) is 9.59 Å². The van der Waals surface area contributed by atoms with Gasteiger partial charge in [0, 0.05) is 18.1 Å². The quantitative estimate of drug-likeness (QED) is 0.793. The second kappa shape index (κ2) is 9.05. The van der Waals surface area contributed by atoms with Crippen molar-refractivity contribution in [3.63, 3.8) is 0 Å². The summed E-state index contributed by atoms with van der Waals surface area (Å²) in [4.78, 5) is 26.5. The van der Waals surface area contributed by atoms with E-state index in [0.717, 1.165) is 24.0 Å². The molecule has 1 N–H and O–H groups in total. The molecule has 0 saturated heterocycles. The van der Waals surface area contributed by atoms with E-state index in [4.69, 9.17) is 11.6 Å². The average Bonchev–Trinajstić information content (AvgIpc) is 3.13. The minimum atomic E-state index is -0.158. The zero-order chi connectivity index (χ0) is 19.2. The molecule has 2 aromatic rings. The van der Waals surface area contributed by atoms with Crippen molar-refractivity contribution in [2.45, 2.75) is 39.2 Å². The maximum atomic E-state index is 12.6. The first-order valence-corrected chi connectivity index (χ1v) is 9.82. The van der Waals surface area contributed by atoms with Crippen molar-refractivity contribution < 1.29 is 9.59 Å². The summed E-state index contributed by atoms with van der Waals surface area (Å²) in [5.74, 6) is -0.175. The van der Waals surface area contributed by atoms with Crippen LogP contribution in [0.4, 0.5) is 0 Å². The van der Waals surface area contributed by atoms with Gasteiger partial charge in [-0.2, -0.15) is 0 Å². The monoisotopic (exact) mass is 384 g/mol. The highest BCUT2D eigenvalue weighted by Crippen LogP contribution is 2.23. The first-order chi connectivity index (χ1) is 13.0. The average molecular weight is 385 g/mol. The van der Waals surface area contributed by atoms with Crippen LogP contribution in [0.2, 0.25) is 5.02 Å². The number of rotatable bonds is 7. The smallest absolute Gasteiger partial charge is 0.239 e. The summed E-state index contributed by atoms with van der Waals surface area (Å²) in [7, 11) is 0. The zero-order valence-corrected chi connectivity index (χ0v) is 16.4. The molecule has 0 bridgehead atoms. The molecular weight excluding hydrogens is 360 g/mol. The largest absolute Gasteiger partial charge is 0.350 e. The van der Waals surface area contributed by atoms with Gasteiger partial charge in [0.05, 0.1) is 13.0 Å². The Balaban J connectivity index is 1.51. The number of halogens is 1. The summed E-state index contributed by atoms with van der Waals surface area (Å²) < 4.78 is 0. The molecular formula is C22H25ClN2O2. The predicted molar refractivity (Wildman–Crippen MR) is 108 cm³/mol. The number of hydrogen-bond acceptors (Lipinski definition) is 2. The third kappa shape index (κ3) is 5.33. The number of fused-ring (bicyclic) bond motifs is 1. The van der Waals surface area contributed by atoms with Crippen LogP contribution in [-0.2, 0) is 35.4 Å². The standard InChI is InChI=1S/C22H25ClN2O2/c1-2-25(15-21(26)24-14-16-7-10-20(23)11-8-16)22(27)13-17-6-9-18-4-3-5-19(18)12-17/h6-12H,2-5,13-15H2,1H3,(H,24,26). The fourth-order valence-corrected chi connectivity index (χ4v) is 3.56. The Hall–Kier alpha value is -2.33. The summed E-state index contributed by atoms with van der Waals surface area (Å²) >= 11 is 5.86. The van der Waals surface area contributed by atoms with Crippen molar-refractivity contribution >= 4 is 23.4 Å². The van der Waals surface area contributed by atoms with Gasteiger partial charge in [0.25, 0.3) is 0 Å². The lowest BCUT2D eigenvalue weighted by molar-refractivity contribution is -0.135. The highest BCUT2D eigenvalue weighted by molar-refractivity contribution is 6.30. The van der Waals surface area contributed by atoms with Crippen molar-refractivity contribution in [1.29, 1.82) is 0 Å². The van der Waals surface area contributed by atoms with Crippen molar-refractivity contribution in [1.82, 2.24) is 10.2 Å². The molecule has 0 aromatic heterocycles. The minimum absolute atomic E-state index is 0.0166. The van der Waals surface area contributed by atoms with Crippen LogP contribution in [0.5, 0.6) is 0 Å². The fourth-order valence-electron chi connectivity index (χ4n) is 3.43. The number of benzene rings is 2. The van der Waals surface area contributed by atoms with E-state index < -0.39 is 0 Å². The molecule has 1 aliphatic carbocycles. The van der Waals surface area contributed by atoms with Crippen molar-refractivity contribution in [2.75, 3.05) is 13.1 Å². The van der Waals surface area contributed by atoms with Crippen LogP contribution >= 0.6 is 11.6 Å². The lowest BCUT2D eigenvalue weighted by Crippen LogP contribution is -2.41. The summed E-state index contributed by atoms with van der Waals surface area (Å²) in [5.41, 5.74) is 4.77. The number of carbonyl (C=O) groups excluding carboxylic acids is 2. The summed E-state index contributed by atoms with van der Waals surface area (Å²) in [5, 5.41) is 3.53. The lowest BCUT2D eigenvalue weighted by atomic mass is 10.0. The van der Waals surface area contributed by atoms with Gasteiger partial charge in [-0.15, -0.1) is 0 Å². The number of carbonyl (C=O) groups is 2. The van der Waals surface area contributed by atoms with Crippen molar-refractivity contribution in [2.24, 2.45) is 0 Å². The summed E-state index contributed by atoms with van der Waals surface area (Å²) in [6.07, 6.45) is 3.77. The number of aryl methyl sites for hydroxylation is 2. The van der Waals surface area contributed by atoms with E-state index in [1.807, 2.05) is 25.1 Å². The topological polar surface area (TPSA) is 49.4 Å². The van der Waals surface area contributed by atoms with E-state index in [-0.39, 0.29) is 18.4 Å². The molecule has 0 heterocycles. The number of likely N-dealkylation sites (N-methyl/N-ethyl adjacent to an activating group) is 1. The highest BCUT2D eigenvalue weighted by atomic mass is 35.5. The van der Waals surface area contributed by atoms with Crippen LogP contribution < -0.4 is 5.32 Å². The Kier molecular flexibility index (Phi) is 6.51. The molecule has 0 aliphatic heterocycles. The maximum absolute atomic E-state index is 12.6. The van der Waals surface area contributed by atoms with E-state index in [0.29, 0.717) is 24.5 Å². The van der Waals surface area contributed by atoms with E-state index in [1.165, 1.54) is 17.5 Å². The Morgan fingerprint density at radius 2 is 1.74 bits per heavy atom. The van der Waals surface area contributed by atoms with Gasteiger partial charge in [-0.05, 0) is 60.6 Å². The van der Waals surface area contributed by atoms with Crippen LogP contribution in [0.3, 0.4) is 0 Å². The second-order valence-corrected chi connectivity index (χ2v) is 7.38. The number of nitrogens with zero attached hydrogens (tertiary/aromatic N) is 1. The third-order valence-corrected chi connectivity index (χ3v) is 5.24. The van der Waals surface area contributed by atoms with Gasteiger partial charge in [-0.25, -0.2) is 0 Å². The molecule has 0 fully saturated rings. The first-order valence-electron chi connectivity index (χ1n) is 9.44. The first kappa shape index (κ1) is 19.4. The molecule has 142 valence electrons. The van der Waals surface area contributed by atoms with E-state index in [1.54, 1.807) is 17.0 Å². The van der Waals surface area contributed by atoms with Gasteiger partial charge in [-0.3, -0.25) is 9.59 Å². The molecule has 0 spiro atoms. The Morgan fingerprint density at radius 1 is 1.04 bits per heavy atom. The van der Waals surface area contributed by atoms with Crippen LogP contribution in [0.25, 0.3) is 0 Å².